The number of aliphatic hydroxyl groups is 1. The summed E-state index contributed by atoms with van der Waals surface area (Å²) in [5, 5.41) is 8.75. The molecular formula is C16H28OSi. The van der Waals surface area contributed by atoms with Crippen LogP contribution >= 0.6 is 0 Å². The maximum absolute atomic E-state index is 8.75. The smallest absolute Gasteiger partial charge is 0.129 e. The van der Waals surface area contributed by atoms with E-state index >= 15 is 0 Å². The van der Waals surface area contributed by atoms with Gasteiger partial charge in [0.1, 0.15) is 8.07 Å². The van der Waals surface area contributed by atoms with E-state index in [-0.39, 0.29) is 6.61 Å². The molecule has 0 aromatic rings. The largest absolute Gasteiger partial charge is 0.392 e. The topological polar surface area (TPSA) is 20.2 Å². The zero-order valence-corrected chi connectivity index (χ0v) is 13.4. The van der Waals surface area contributed by atoms with Crippen LogP contribution in [0, 0.1) is 11.5 Å². The van der Waals surface area contributed by atoms with Gasteiger partial charge in [-0.1, -0.05) is 63.1 Å². The highest BCUT2D eigenvalue weighted by molar-refractivity contribution is 6.83. The van der Waals surface area contributed by atoms with Crippen molar-refractivity contribution < 1.29 is 5.11 Å². The molecule has 0 aromatic carbocycles. The Bertz CT molecular complexity index is 323. The highest BCUT2D eigenvalue weighted by atomic mass is 28.3. The molecule has 0 heterocycles. The molecule has 0 saturated carbocycles. The molecule has 102 valence electrons. The highest BCUT2D eigenvalue weighted by Crippen LogP contribution is 2.13. The molecule has 18 heavy (non-hydrogen) atoms. The molecule has 0 aliphatic heterocycles. The van der Waals surface area contributed by atoms with Gasteiger partial charge in [-0.05, 0) is 25.3 Å². The van der Waals surface area contributed by atoms with Gasteiger partial charge >= 0.3 is 0 Å². The Morgan fingerprint density at radius 3 is 2.44 bits per heavy atom. The van der Waals surface area contributed by atoms with Gasteiger partial charge in [0.15, 0.2) is 0 Å². The van der Waals surface area contributed by atoms with Gasteiger partial charge in [-0.15, -0.1) is 5.54 Å². The number of rotatable bonds is 7. The number of allylic oxidation sites excluding steroid dienone is 3. The molecule has 1 nitrogen and oxygen atoms in total. The lowest BCUT2D eigenvalue weighted by atomic mass is 10.0. The third-order valence-corrected chi connectivity index (χ3v) is 3.37. The molecule has 0 unspecified atom stereocenters. The standard InChI is InChI=1S/C16H28OSi/c1-5-6-7-11-16(12-8-9-14-17)13-10-15-18(2,3)4/h8-9,13,17H,5-7,11-12,14H2,1-4H3/b9-8-,16-13+. The lowest BCUT2D eigenvalue weighted by Crippen LogP contribution is -2.16. The molecule has 1 N–H and O–H groups in total. The van der Waals surface area contributed by atoms with Crippen LogP contribution in [-0.2, 0) is 0 Å². The molecule has 0 aromatic heterocycles. The molecule has 2 heteroatoms. The van der Waals surface area contributed by atoms with Crippen molar-refractivity contribution >= 4 is 8.07 Å². The third-order valence-electron chi connectivity index (χ3n) is 2.48. The fourth-order valence-electron chi connectivity index (χ4n) is 1.50. The minimum Gasteiger partial charge on any atom is -0.392 e. The number of hydrogen-bond acceptors (Lipinski definition) is 1. The predicted molar refractivity (Wildman–Crippen MR) is 84.2 cm³/mol. The number of unbranched alkanes of at least 4 members (excludes halogenated alkanes) is 2. The van der Waals surface area contributed by atoms with Crippen molar-refractivity contribution in [2.75, 3.05) is 6.61 Å². The van der Waals surface area contributed by atoms with E-state index in [0.29, 0.717) is 0 Å². The Hall–Kier alpha value is -0.783. The van der Waals surface area contributed by atoms with E-state index in [0.717, 1.165) is 12.8 Å². The van der Waals surface area contributed by atoms with Crippen molar-refractivity contribution in [3.05, 3.63) is 23.8 Å². The van der Waals surface area contributed by atoms with Crippen LogP contribution in [0.4, 0.5) is 0 Å². The summed E-state index contributed by atoms with van der Waals surface area (Å²) in [7, 11) is -1.26. The van der Waals surface area contributed by atoms with Crippen LogP contribution < -0.4 is 0 Å². The van der Waals surface area contributed by atoms with E-state index < -0.39 is 8.07 Å². The Balaban J connectivity index is 4.46. The fraction of sp³-hybridized carbons (Fsp3) is 0.625. The number of hydrogen-bond donors (Lipinski definition) is 1. The van der Waals surface area contributed by atoms with Gasteiger partial charge in [0.2, 0.25) is 0 Å². The van der Waals surface area contributed by atoms with Crippen LogP contribution in [0.5, 0.6) is 0 Å². The van der Waals surface area contributed by atoms with Crippen LogP contribution in [0.15, 0.2) is 23.8 Å². The molecular weight excluding hydrogens is 236 g/mol. The zero-order chi connectivity index (χ0) is 13.9. The predicted octanol–water partition coefficient (Wildman–Crippen LogP) is 4.31. The molecule has 0 amide bonds. The normalized spacial score (nSPS) is 12.6. The summed E-state index contributed by atoms with van der Waals surface area (Å²) in [6.07, 6.45) is 11.8. The molecule has 0 spiro atoms. The molecule has 0 aliphatic carbocycles. The van der Waals surface area contributed by atoms with Gasteiger partial charge < -0.3 is 5.11 Å². The van der Waals surface area contributed by atoms with Crippen LogP contribution in [-0.4, -0.2) is 19.8 Å². The van der Waals surface area contributed by atoms with Crippen molar-refractivity contribution in [1.29, 1.82) is 0 Å². The third kappa shape index (κ3) is 11.7. The van der Waals surface area contributed by atoms with E-state index in [1.807, 2.05) is 6.08 Å². The molecule has 0 fully saturated rings. The fourth-order valence-corrected chi connectivity index (χ4v) is 2.00. The van der Waals surface area contributed by atoms with E-state index in [1.165, 1.54) is 24.8 Å². The van der Waals surface area contributed by atoms with Crippen molar-refractivity contribution in [2.45, 2.75) is 58.7 Å². The highest BCUT2D eigenvalue weighted by Gasteiger charge is 2.06. The summed E-state index contributed by atoms with van der Waals surface area (Å²) in [4.78, 5) is 0. The average Bonchev–Trinajstić information content (AvgIpc) is 2.27. The van der Waals surface area contributed by atoms with Crippen LogP contribution in [0.2, 0.25) is 19.6 Å². The Morgan fingerprint density at radius 1 is 1.17 bits per heavy atom. The summed E-state index contributed by atoms with van der Waals surface area (Å²) in [5.41, 5.74) is 4.76. The first-order chi connectivity index (χ1) is 8.49. The summed E-state index contributed by atoms with van der Waals surface area (Å²) < 4.78 is 0. The van der Waals surface area contributed by atoms with Crippen LogP contribution in [0.3, 0.4) is 0 Å². The monoisotopic (exact) mass is 264 g/mol. The summed E-state index contributed by atoms with van der Waals surface area (Å²) in [6.45, 7) is 9.13. The first-order valence-corrected chi connectivity index (χ1v) is 10.5. The first-order valence-electron chi connectivity index (χ1n) is 6.96. The second-order valence-corrected chi connectivity index (χ2v) is 10.4. The minimum absolute atomic E-state index is 0.128. The summed E-state index contributed by atoms with van der Waals surface area (Å²) >= 11 is 0. The van der Waals surface area contributed by atoms with Crippen LogP contribution in [0.25, 0.3) is 0 Å². The van der Waals surface area contributed by atoms with E-state index in [2.05, 4.69) is 44.1 Å². The second kappa shape index (κ2) is 10.2. The molecule has 0 radical (unpaired) electrons. The second-order valence-electron chi connectivity index (χ2n) is 5.64. The maximum atomic E-state index is 8.75. The SMILES string of the molecule is CCCCC/C(=C\C#C[Si](C)(C)C)C/C=C\CO. The van der Waals surface area contributed by atoms with Gasteiger partial charge in [-0.25, -0.2) is 0 Å². The molecule has 0 aliphatic rings. The maximum Gasteiger partial charge on any atom is 0.129 e. The van der Waals surface area contributed by atoms with Gasteiger partial charge in [-0.3, -0.25) is 0 Å². The molecule has 0 bridgehead atoms. The summed E-state index contributed by atoms with van der Waals surface area (Å²) in [6, 6.07) is 0. The van der Waals surface area contributed by atoms with Crippen molar-refractivity contribution in [3.63, 3.8) is 0 Å². The zero-order valence-electron chi connectivity index (χ0n) is 12.4. The molecule has 0 rings (SSSR count). The van der Waals surface area contributed by atoms with Gasteiger partial charge in [0.25, 0.3) is 0 Å². The Labute approximate surface area is 114 Å². The summed E-state index contributed by atoms with van der Waals surface area (Å²) in [5.74, 6) is 3.23. The van der Waals surface area contributed by atoms with E-state index in [4.69, 9.17) is 5.11 Å². The van der Waals surface area contributed by atoms with Crippen molar-refractivity contribution in [1.82, 2.24) is 0 Å². The average molecular weight is 264 g/mol. The quantitative estimate of drug-likeness (QED) is 0.314. The van der Waals surface area contributed by atoms with Gasteiger partial charge in [0, 0.05) is 0 Å². The van der Waals surface area contributed by atoms with E-state index in [1.54, 1.807) is 6.08 Å². The number of aliphatic hydroxyl groups excluding tert-OH is 1. The van der Waals surface area contributed by atoms with Crippen molar-refractivity contribution in [2.24, 2.45) is 0 Å². The Morgan fingerprint density at radius 2 is 1.89 bits per heavy atom. The van der Waals surface area contributed by atoms with Crippen LogP contribution in [0.1, 0.15) is 39.0 Å². The molecule has 0 atom stereocenters. The molecule has 0 saturated heterocycles. The van der Waals surface area contributed by atoms with Gasteiger partial charge in [-0.2, -0.15) is 0 Å². The Kier molecular flexibility index (Phi) is 9.73. The lowest BCUT2D eigenvalue weighted by molar-refractivity contribution is 0.342. The van der Waals surface area contributed by atoms with E-state index in [9.17, 15) is 0 Å². The minimum atomic E-state index is -1.26. The lowest BCUT2D eigenvalue weighted by Gasteiger charge is -2.04. The van der Waals surface area contributed by atoms with Crippen molar-refractivity contribution in [3.8, 4) is 11.5 Å². The first kappa shape index (κ1) is 17.2. The van der Waals surface area contributed by atoms with Gasteiger partial charge in [0.05, 0.1) is 6.61 Å².